The first-order valence-corrected chi connectivity index (χ1v) is 10.0. The molecule has 160 valence electrons. The van der Waals surface area contributed by atoms with Gasteiger partial charge in [0.1, 0.15) is 11.3 Å². The SMILES string of the molecule is C=C(CC)c1ccc(-c2ccc(-c3ccc(C(=O)CC)c(O)c3C(F)(F)F)cc2)cc1. The van der Waals surface area contributed by atoms with Gasteiger partial charge in [0.2, 0.25) is 0 Å². The van der Waals surface area contributed by atoms with E-state index in [1.54, 1.807) is 24.3 Å². The Morgan fingerprint density at radius 3 is 1.84 bits per heavy atom. The second-order valence-electron chi connectivity index (χ2n) is 7.27. The first-order chi connectivity index (χ1) is 14.7. The number of aromatic hydroxyl groups is 1. The molecule has 3 aromatic carbocycles. The number of ketones is 1. The molecule has 0 atom stereocenters. The Bertz CT molecular complexity index is 1110. The molecule has 0 aliphatic heterocycles. The summed E-state index contributed by atoms with van der Waals surface area (Å²) >= 11 is 0. The minimum atomic E-state index is -4.81. The van der Waals surface area contributed by atoms with E-state index in [1.807, 2.05) is 31.2 Å². The molecule has 0 unspecified atom stereocenters. The van der Waals surface area contributed by atoms with E-state index in [0.29, 0.717) is 5.56 Å². The van der Waals surface area contributed by atoms with Gasteiger partial charge in [0.15, 0.2) is 5.78 Å². The van der Waals surface area contributed by atoms with Crippen LogP contribution < -0.4 is 0 Å². The summed E-state index contributed by atoms with van der Waals surface area (Å²) in [5.41, 5.74) is 2.50. The van der Waals surface area contributed by atoms with Crippen LogP contribution in [-0.4, -0.2) is 10.9 Å². The van der Waals surface area contributed by atoms with Gasteiger partial charge >= 0.3 is 6.18 Å². The molecule has 0 amide bonds. The second kappa shape index (κ2) is 8.80. The van der Waals surface area contributed by atoms with E-state index in [-0.39, 0.29) is 17.5 Å². The van der Waals surface area contributed by atoms with E-state index >= 15 is 0 Å². The van der Waals surface area contributed by atoms with E-state index in [2.05, 4.69) is 6.58 Å². The van der Waals surface area contributed by atoms with Crippen molar-refractivity contribution in [1.29, 1.82) is 0 Å². The zero-order chi connectivity index (χ0) is 22.8. The lowest BCUT2D eigenvalue weighted by molar-refractivity contribution is -0.138. The maximum atomic E-state index is 13.7. The topological polar surface area (TPSA) is 37.3 Å². The number of phenols is 1. The molecule has 31 heavy (non-hydrogen) atoms. The highest BCUT2D eigenvalue weighted by Crippen LogP contribution is 2.44. The predicted molar refractivity (Wildman–Crippen MR) is 118 cm³/mol. The number of alkyl halides is 3. The van der Waals surface area contributed by atoms with Crippen molar-refractivity contribution in [3.05, 3.63) is 83.9 Å². The fourth-order valence-corrected chi connectivity index (χ4v) is 3.48. The average Bonchev–Trinajstić information content (AvgIpc) is 2.77. The van der Waals surface area contributed by atoms with Gasteiger partial charge in [-0.3, -0.25) is 4.79 Å². The molecule has 0 bridgehead atoms. The Morgan fingerprint density at radius 2 is 1.35 bits per heavy atom. The summed E-state index contributed by atoms with van der Waals surface area (Å²) in [4.78, 5) is 11.9. The quantitative estimate of drug-likeness (QED) is 0.411. The lowest BCUT2D eigenvalue weighted by atomic mass is 9.92. The minimum absolute atomic E-state index is 0.00327. The molecule has 0 heterocycles. The van der Waals surface area contributed by atoms with Gasteiger partial charge in [0.05, 0.1) is 5.56 Å². The van der Waals surface area contributed by atoms with Crippen molar-refractivity contribution >= 4 is 11.4 Å². The van der Waals surface area contributed by atoms with Crippen LogP contribution in [0.5, 0.6) is 5.75 Å². The van der Waals surface area contributed by atoms with E-state index in [9.17, 15) is 23.1 Å². The van der Waals surface area contributed by atoms with Gasteiger partial charge in [-0.05, 0) is 45.9 Å². The van der Waals surface area contributed by atoms with Gasteiger partial charge < -0.3 is 5.11 Å². The molecule has 0 saturated carbocycles. The Kier molecular flexibility index (Phi) is 6.34. The molecular weight excluding hydrogens is 401 g/mol. The maximum absolute atomic E-state index is 13.7. The van der Waals surface area contributed by atoms with Crippen molar-refractivity contribution < 1.29 is 23.1 Å². The van der Waals surface area contributed by atoms with E-state index in [4.69, 9.17) is 0 Å². The number of hydrogen-bond acceptors (Lipinski definition) is 2. The van der Waals surface area contributed by atoms with Crippen molar-refractivity contribution in [3.8, 4) is 28.0 Å². The summed E-state index contributed by atoms with van der Waals surface area (Å²) < 4.78 is 41.2. The molecule has 1 N–H and O–H groups in total. The van der Waals surface area contributed by atoms with Gasteiger partial charge in [-0.15, -0.1) is 0 Å². The van der Waals surface area contributed by atoms with Crippen LogP contribution in [-0.2, 0) is 6.18 Å². The maximum Gasteiger partial charge on any atom is 0.420 e. The Morgan fingerprint density at radius 1 is 0.839 bits per heavy atom. The lowest BCUT2D eigenvalue weighted by Crippen LogP contribution is -2.10. The second-order valence-corrected chi connectivity index (χ2v) is 7.27. The number of allylic oxidation sites excluding steroid dienone is 1. The van der Waals surface area contributed by atoms with Gasteiger partial charge in [0, 0.05) is 6.42 Å². The van der Waals surface area contributed by atoms with Gasteiger partial charge in [-0.1, -0.05) is 75.0 Å². The Labute approximate surface area is 179 Å². The van der Waals surface area contributed by atoms with Crippen LogP contribution in [0.2, 0.25) is 0 Å². The van der Waals surface area contributed by atoms with Gasteiger partial charge in [-0.2, -0.15) is 13.2 Å². The van der Waals surface area contributed by atoms with Crippen molar-refractivity contribution in [1.82, 2.24) is 0 Å². The number of Topliss-reactive ketones (excluding diaryl/α,β-unsaturated/α-hetero) is 1. The largest absolute Gasteiger partial charge is 0.507 e. The van der Waals surface area contributed by atoms with Crippen LogP contribution in [0.1, 0.15) is 48.2 Å². The van der Waals surface area contributed by atoms with Gasteiger partial charge in [0.25, 0.3) is 0 Å². The fraction of sp³-hybridized carbons (Fsp3) is 0.192. The number of carbonyl (C=O) groups excluding carboxylic acids is 1. The van der Waals surface area contributed by atoms with Crippen molar-refractivity contribution in [2.75, 3.05) is 0 Å². The van der Waals surface area contributed by atoms with Crippen LogP contribution in [0.4, 0.5) is 13.2 Å². The third-order valence-corrected chi connectivity index (χ3v) is 5.33. The smallest absolute Gasteiger partial charge is 0.420 e. The summed E-state index contributed by atoms with van der Waals surface area (Å²) in [7, 11) is 0. The van der Waals surface area contributed by atoms with Crippen LogP contribution in [0.15, 0.2) is 67.2 Å². The van der Waals surface area contributed by atoms with Crippen LogP contribution in [0, 0.1) is 0 Å². The molecule has 3 aromatic rings. The predicted octanol–water partition coefficient (Wildman–Crippen LogP) is 7.76. The number of carbonyl (C=O) groups is 1. The molecule has 0 spiro atoms. The zero-order valence-electron chi connectivity index (χ0n) is 17.4. The first kappa shape index (κ1) is 22.3. The highest BCUT2D eigenvalue weighted by Gasteiger charge is 2.38. The molecule has 0 aliphatic rings. The molecular formula is C26H23F3O2. The van der Waals surface area contributed by atoms with Crippen LogP contribution in [0.3, 0.4) is 0 Å². The van der Waals surface area contributed by atoms with Crippen molar-refractivity contribution in [2.24, 2.45) is 0 Å². The third-order valence-electron chi connectivity index (χ3n) is 5.33. The summed E-state index contributed by atoms with van der Waals surface area (Å²) in [5.74, 6) is -1.56. The van der Waals surface area contributed by atoms with Crippen molar-refractivity contribution in [3.63, 3.8) is 0 Å². The van der Waals surface area contributed by atoms with E-state index in [0.717, 1.165) is 28.7 Å². The average molecular weight is 424 g/mol. The number of benzene rings is 3. The summed E-state index contributed by atoms with van der Waals surface area (Å²) in [6.07, 6.45) is -3.95. The lowest BCUT2D eigenvalue weighted by Gasteiger charge is -2.17. The van der Waals surface area contributed by atoms with E-state index in [1.165, 1.54) is 19.1 Å². The molecule has 3 rings (SSSR count). The molecule has 2 nitrogen and oxygen atoms in total. The molecule has 5 heteroatoms. The molecule has 0 saturated heterocycles. The monoisotopic (exact) mass is 424 g/mol. The summed E-state index contributed by atoms with van der Waals surface area (Å²) in [6, 6.07) is 17.0. The minimum Gasteiger partial charge on any atom is -0.507 e. The summed E-state index contributed by atoms with van der Waals surface area (Å²) in [6.45, 7) is 7.58. The molecule has 0 fully saturated rings. The highest BCUT2D eigenvalue weighted by molar-refractivity contribution is 5.99. The molecule has 0 aliphatic carbocycles. The standard InChI is InChI=1S/C26H23F3O2/c1-4-16(3)17-6-8-18(9-7-17)19-10-12-20(13-11-19)21-14-15-22(23(30)5-2)25(31)24(21)26(27,28)29/h6-15,31H,3-5H2,1-2H3. The fourth-order valence-electron chi connectivity index (χ4n) is 3.48. The number of hydrogen-bond donors (Lipinski definition) is 1. The number of rotatable bonds is 6. The molecule has 0 radical (unpaired) electrons. The van der Waals surface area contributed by atoms with Crippen LogP contribution >= 0.6 is 0 Å². The van der Waals surface area contributed by atoms with Gasteiger partial charge in [-0.25, -0.2) is 0 Å². The highest BCUT2D eigenvalue weighted by atomic mass is 19.4. The summed E-state index contributed by atoms with van der Waals surface area (Å²) in [5, 5.41) is 10.2. The number of phenolic OH excluding ortho intramolecular Hbond substituents is 1. The normalized spacial score (nSPS) is 11.4. The first-order valence-electron chi connectivity index (χ1n) is 10.0. The Hall–Kier alpha value is -3.34. The van der Waals surface area contributed by atoms with Crippen LogP contribution in [0.25, 0.3) is 27.8 Å². The third kappa shape index (κ3) is 4.55. The Balaban J connectivity index is 2.01. The number of halogens is 3. The molecule has 0 aromatic heterocycles. The zero-order valence-corrected chi connectivity index (χ0v) is 17.4. The van der Waals surface area contributed by atoms with Crippen molar-refractivity contribution in [2.45, 2.75) is 32.9 Å². The van der Waals surface area contributed by atoms with E-state index < -0.39 is 23.3 Å².